The quantitative estimate of drug-likeness (QED) is 0.671. The SMILES string of the molecule is O=C(c1ccco1)N1CCC(N2CCC(C(=O)N3CCC(Cc4ccccc4)CC3)CC2)CC1. The van der Waals surface area contributed by atoms with Gasteiger partial charge >= 0.3 is 0 Å². The van der Waals surface area contributed by atoms with E-state index in [4.69, 9.17) is 4.42 Å². The van der Waals surface area contributed by atoms with Crippen LogP contribution in [0.2, 0.25) is 0 Å². The third-order valence-electron chi connectivity index (χ3n) is 8.17. The number of likely N-dealkylation sites (tertiary alicyclic amines) is 3. The first kappa shape index (κ1) is 23.2. The van der Waals surface area contributed by atoms with E-state index < -0.39 is 0 Å². The number of carbonyl (C=O) groups is 2. The van der Waals surface area contributed by atoms with E-state index in [9.17, 15) is 9.59 Å². The van der Waals surface area contributed by atoms with Gasteiger partial charge in [0, 0.05) is 38.1 Å². The van der Waals surface area contributed by atoms with Crippen molar-refractivity contribution in [1.82, 2.24) is 14.7 Å². The molecule has 3 aliphatic heterocycles. The van der Waals surface area contributed by atoms with Crippen LogP contribution >= 0.6 is 0 Å². The molecule has 0 aliphatic carbocycles. The molecule has 5 rings (SSSR count). The van der Waals surface area contributed by atoms with Crippen molar-refractivity contribution in [2.24, 2.45) is 11.8 Å². The first-order valence-corrected chi connectivity index (χ1v) is 13.1. The minimum atomic E-state index is 0.000272. The van der Waals surface area contributed by atoms with Crippen molar-refractivity contribution in [2.45, 2.75) is 51.0 Å². The number of amides is 2. The number of nitrogens with zero attached hydrogens (tertiary/aromatic N) is 3. The second kappa shape index (κ2) is 10.8. The van der Waals surface area contributed by atoms with Crippen molar-refractivity contribution < 1.29 is 14.0 Å². The van der Waals surface area contributed by atoms with E-state index in [0.717, 1.165) is 84.2 Å². The number of hydrogen-bond acceptors (Lipinski definition) is 4. The van der Waals surface area contributed by atoms with Crippen LogP contribution in [0.4, 0.5) is 0 Å². The lowest BCUT2D eigenvalue weighted by Gasteiger charge is -2.42. The third-order valence-corrected chi connectivity index (χ3v) is 8.17. The Bertz CT molecular complexity index is 921. The van der Waals surface area contributed by atoms with Gasteiger partial charge in [-0.3, -0.25) is 9.59 Å². The molecule has 0 atom stereocenters. The molecule has 2 aromatic rings. The Morgan fingerprint density at radius 3 is 2.09 bits per heavy atom. The van der Waals surface area contributed by atoms with Gasteiger partial charge in [-0.15, -0.1) is 0 Å². The van der Waals surface area contributed by atoms with Crippen LogP contribution in [0.3, 0.4) is 0 Å². The molecule has 3 fully saturated rings. The summed E-state index contributed by atoms with van der Waals surface area (Å²) < 4.78 is 5.27. The summed E-state index contributed by atoms with van der Waals surface area (Å²) in [6.07, 6.45) is 8.86. The largest absolute Gasteiger partial charge is 0.459 e. The standard InChI is InChI=1S/C28H37N3O3/c32-27(30-14-8-23(9-15-30)21-22-5-2-1-3-6-22)24-10-16-29(17-11-24)25-12-18-31(19-13-25)28(33)26-7-4-20-34-26/h1-7,20,23-25H,8-19,21H2. The lowest BCUT2D eigenvalue weighted by Crippen LogP contribution is -2.51. The molecule has 0 N–H and O–H groups in total. The molecular weight excluding hydrogens is 426 g/mol. The molecule has 0 bridgehead atoms. The Balaban J connectivity index is 1.03. The maximum Gasteiger partial charge on any atom is 0.289 e. The zero-order valence-corrected chi connectivity index (χ0v) is 20.1. The van der Waals surface area contributed by atoms with E-state index in [2.05, 4.69) is 40.1 Å². The van der Waals surface area contributed by atoms with Gasteiger partial charge in [0.25, 0.3) is 5.91 Å². The van der Waals surface area contributed by atoms with Crippen molar-refractivity contribution in [1.29, 1.82) is 0 Å². The van der Waals surface area contributed by atoms with Gasteiger partial charge in [0.1, 0.15) is 0 Å². The van der Waals surface area contributed by atoms with Crippen LogP contribution < -0.4 is 0 Å². The highest BCUT2D eigenvalue weighted by Gasteiger charge is 2.34. The molecule has 3 aliphatic rings. The van der Waals surface area contributed by atoms with E-state index >= 15 is 0 Å². The number of rotatable bonds is 5. The second-order valence-electron chi connectivity index (χ2n) is 10.3. The van der Waals surface area contributed by atoms with Crippen molar-refractivity contribution in [3.8, 4) is 0 Å². The predicted octanol–water partition coefficient (Wildman–Crippen LogP) is 4.08. The highest BCUT2D eigenvalue weighted by Crippen LogP contribution is 2.28. The van der Waals surface area contributed by atoms with E-state index in [1.807, 2.05) is 4.90 Å². The van der Waals surface area contributed by atoms with Crippen molar-refractivity contribution in [3.63, 3.8) is 0 Å². The fourth-order valence-electron chi connectivity index (χ4n) is 6.06. The van der Waals surface area contributed by atoms with Crippen LogP contribution in [-0.2, 0) is 11.2 Å². The van der Waals surface area contributed by atoms with Gasteiger partial charge in [0.15, 0.2) is 5.76 Å². The first-order valence-electron chi connectivity index (χ1n) is 13.1. The fraction of sp³-hybridized carbons (Fsp3) is 0.571. The Kier molecular flexibility index (Phi) is 7.33. The number of piperidine rings is 3. The Hall–Kier alpha value is -2.60. The Labute approximate surface area is 202 Å². The number of hydrogen-bond donors (Lipinski definition) is 0. The molecule has 6 nitrogen and oxygen atoms in total. The molecule has 1 aromatic carbocycles. The van der Waals surface area contributed by atoms with E-state index in [-0.39, 0.29) is 11.8 Å². The minimum Gasteiger partial charge on any atom is -0.459 e. The van der Waals surface area contributed by atoms with Gasteiger partial charge in [-0.25, -0.2) is 0 Å². The first-order chi connectivity index (χ1) is 16.7. The molecule has 4 heterocycles. The van der Waals surface area contributed by atoms with E-state index in [1.165, 1.54) is 5.56 Å². The van der Waals surface area contributed by atoms with Gasteiger partial charge in [-0.2, -0.15) is 0 Å². The molecule has 0 unspecified atom stereocenters. The fourth-order valence-corrected chi connectivity index (χ4v) is 6.06. The molecule has 6 heteroatoms. The average molecular weight is 464 g/mol. The molecule has 2 amide bonds. The highest BCUT2D eigenvalue weighted by atomic mass is 16.3. The van der Waals surface area contributed by atoms with Crippen LogP contribution in [-0.4, -0.2) is 71.8 Å². The van der Waals surface area contributed by atoms with E-state index in [1.54, 1.807) is 18.4 Å². The van der Waals surface area contributed by atoms with Crippen LogP contribution in [0.1, 0.15) is 54.6 Å². The lowest BCUT2D eigenvalue weighted by molar-refractivity contribution is -0.138. The molecule has 34 heavy (non-hydrogen) atoms. The van der Waals surface area contributed by atoms with Crippen molar-refractivity contribution >= 4 is 11.8 Å². The van der Waals surface area contributed by atoms with Crippen LogP contribution in [0.5, 0.6) is 0 Å². The normalized spacial score (nSPS) is 21.6. The average Bonchev–Trinajstić information content (AvgIpc) is 3.44. The summed E-state index contributed by atoms with van der Waals surface area (Å²) in [6.45, 7) is 5.38. The second-order valence-corrected chi connectivity index (χ2v) is 10.3. The molecular formula is C28H37N3O3. The zero-order valence-electron chi connectivity index (χ0n) is 20.1. The topological polar surface area (TPSA) is 57.0 Å². The van der Waals surface area contributed by atoms with Crippen LogP contribution in [0.15, 0.2) is 53.1 Å². The van der Waals surface area contributed by atoms with Gasteiger partial charge < -0.3 is 19.1 Å². The lowest BCUT2D eigenvalue weighted by atomic mass is 9.88. The van der Waals surface area contributed by atoms with Crippen molar-refractivity contribution in [2.75, 3.05) is 39.3 Å². The summed E-state index contributed by atoms with van der Waals surface area (Å²) in [4.78, 5) is 32.3. The summed E-state index contributed by atoms with van der Waals surface area (Å²) >= 11 is 0. The monoisotopic (exact) mass is 463 g/mol. The Morgan fingerprint density at radius 2 is 1.44 bits per heavy atom. The molecule has 0 saturated carbocycles. The van der Waals surface area contributed by atoms with Gasteiger partial charge in [0.05, 0.1) is 6.26 Å². The minimum absolute atomic E-state index is 0.000272. The Morgan fingerprint density at radius 1 is 0.765 bits per heavy atom. The predicted molar refractivity (Wildman–Crippen MR) is 131 cm³/mol. The van der Waals surface area contributed by atoms with Crippen LogP contribution in [0.25, 0.3) is 0 Å². The molecule has 0 spiro atoms. The van der Waals surface area contributed by atoms with E-state index in [0.29, 0.717) is 23.6 Å². The maximum atomic E-state index is 13.2. The van der Waals surface area contributed by atoms with Crippen LogP contribution in [0, 0.1) is 11.8 Å². The summed E-state index contributed by atoms with van der Waals surface area (Å²) in [5.41, 5.74) is 1.41. The molecule has 3 saturated heterocycles. The molecule has 182 valence electrons. The number of carbonyl (C=O) groups excluding carboxylic acids is 2. The van der Waals surface area contributed by atoms with Gasteiger partial charge in [0.2, 0.25) is 5.91 Å². The molecule has 1 aromatic heterocycles. The number of benzene rings is 1. The highest BCUT2D eigenvalue weighted by molar-refractivity contribution is 5.91. The summed E-state index contributed by atoms with van der Waals surface area (Å²) in [7, 11) is 0. The third kappa shape index (κ3) is 5.38. The van der Waals surface area contributed by atoms with Gasteiger partial charge in [-0.1, -0.05) is 30.3 Å². The summed E-state index contributed by atoms with van der Waals surface area (Å²) in [6, 6.07) is 14.8. The van der Waals surface area contributed by atoms with Gasteiger partial charge in [-0.05, 0) is 81.6 Å². The maximum absolute atomic E-state index is 13.2. The smallest absolute Gasteiger partial charge is 0.289 e. The van der Waals surface area contributed by atoms with Crippen molar-refractivity contribution in [3.05, 3.63) is 60.1 Å². The molecule has 0 radical (unpaired) electrons. The summed E-state index contributed by atoms with van der Waals surface area (Å²) in [5.74, 6) is 1.69. The zero-order chi connectivity index (χ0) is 23.3. The summed E-state index contributed by atoms with van der Waals surface area (Å²) in [5, 5.41) is 0. The number of furan rings is 1.